The smallest absolute Gasteiger partial charge is 0.199 e. The van der Waals surface area contributed by atoms with Crippen molar-refractivity contribution in [3.05, 3.63) is 66.2 Å². The average Bonchev–Trinajstić information content (AvgIpc) is 2.46. The minimum Gasteiger partial charge on any atom is -0.199 e. The van der Waals surface area contributed by atoms with Gasteiger partial charge in [0.25, 0.3) is 10.0 Å². The third-order valence-electron chi connectivity index (χ3n) is 2.44. The molecule has 0 N–H and O–H groups in total. The van der Waals surface area contributed by atoms with Crippen molar-refractivity contribution in [3.63, 3.8) is 0 Å². The van der Waals surface area contributed by atoms with Gasteiger partial charge in [-0.2, -0.15) is 12.4 Å². The molecule has 0 aliphatic heterocycles. The van der Waals surface area contributed by atoms with Crippen LogP contribution in [0.5, 0.6) is 0 Å². The summed E-state index contributed by atoms with van der Waals surface area (Å²) in [4.78, 5) is 0.0728. The second-order valence-corrected chi connectivity index (χ2v) is 6.26. The van der Waals surface area contributed by atoms with Crippen molar-refractivity contribution in [2.75, 3.05) is 0 Å². The third-order valence-corrected chi connectivity index (χ3v) is 4.04. The molecule has 0 radical (unpaired) electrons. The number of nitrogens with zero attached hydrogens (tertiary/aromatic N) is 2. The average molecular weight is 329 g/mol. The third kappa shape index (κ3) is 3.50. The van der Waals surface area contributed by atoms with E-state index in [1.165, 1.54) is 12.1 Å². The molecule has 104 valence electrons. The molecule has 7 heteroatoms. The fraction of sp³-hybridized carbons (Fsp3) is 0. The summed E-state index contributed by atoms with van der Waals surface area (Å²) in [5.41, 5.74) is 0.497. The fourth-order valence-corrected chi connectivity index (χ4v) is 2.91. The van der Waals surface area contributed by atoms with E-state index in [2.05, 4.69) is 4.40 Å². The van der Waals surface area contributed by atoms with E-state index in [0.717, 1.165) is 0 Å². The van der Waals surface area contributed by atoms with Gasteiger partial charge in [0.1, 0.15) is 0 Å². The SMILES string of the molecule is O=S(=O)(/N=C(\c1ccccc1)N(Cl)Cl)c1ccccc1. The lowest BCUT2D eigenvalue weighted by molar-refractivity contribution is 0.597. The Bertz CT molecular complexity index is 702. The molecular formula is C13H10Cl2N2O2S. The first-order valence-electron chi connectivity index (χ1n) is 5.58. The van der Waals surface area contributed by atoms with Gasteiger partial charge in [-0.25, -0.2) is 0 Å². The van der Waals surface area contributed by atoms with Crippen LogP contribution in [-0.4, -0.2) is 18.2 Å². The Labute approximate surface area is 127 Å². The summed E-state index contributed by atoms with van der Waals surface area (Å²) in [6.07, 6.45) is 0. The number of amidine groups is 1. The Hall–Kier alpha value is -1.56. The summed E-state index contributed by atoms with van der Waals surface area (Å²) in [6, 6.07) is 16.4. The van der Waals surface area contributed by atoms with E-state index in [4.69, 9.17) is 23.6 Å². The molecule has 0 saturated heterocycles. The van der Waals surface area contributed by atoms with Crippen LogP contribution in [-0.2, 0) is 10.0 Å². The second kappa shape index (κ2) is 6.26. The van der Waals surface area contributed by atoms with Crippen molar-refractivity contribution in [2.24, 2.45) is 4.40 Å². The molecule has 0 saturated carbocycles. The van der Waals surface area contributed by atoms with Gasteiger partial charge in [-0.05, 0) is 12.1 Å². The zero-order chi connectivity index (χ0) is 14.6. The van der Waals surface area contributed by atoms with Gasteiger partial charge in [-0.15, -0.1) is 4.40 Å². The highest BCUT2D eigenvalue weighted by Crippen LogP contribution is 2.17. The highest BCUT2D eigenvalue weighted by molar-refractivity contribution is 7.90. The molecule has 0 heterocycles. The van der Waals surface area contributed by atoms with E-state index in [1.807, 2.05) is 0 Å². The van der Waals surface area contributed by atoms with Gasteiger partial charge in [0.15, 0.2) is 5.84 Å². The molecule has 2 rings (SSSR count). The number of hydrogen-bond acceptors (Lipinski definition) is 2. The molecule has 0 aliphatic carbocycles. The first-order chi connectivity index (χ1) is 9.50. The topological polar surface area (TPSA) is 49.7 Å². The van der Waals surface area contributed by atoms with Crippen LogP contribution in [0.15, 0.2) is 70.0 Å². The Balaban J connectivity index is 2.50. The van der Waals surface area contributed by atoms with E-state index in [1.54, 1.807) is 48.5 Å². The molecule has 0 fully saturated rings. The van der Waals surface area contributed by atoms with Crippen LogP contribution < -0.4 is 0 Å². The molecular weight excluding hydrogens is 319 g/mol. The molecule has 20 heavy (non-hydrogen) atoms. The number of rotatable bonds is 3. The van der Waals surface area contributed by atoms with Gasteiger partial charge < -0.3 is 0 Å². The predicted molar refractivity (Wildman–Crippen MR) is 80.2 cm³/mol. The molecule has 0 aromatic heterocycles. The minimum atomic E-state index is -3.88. The first-order valence-corrected chi connectivity index (χ1v) is 7.69. The van der Waals surface area contributed by atoms with Crippen molar-refractivity contribution < 1.29 is 8.42 Å². The molecule has 0 amide bonds. The van der Waals surface area contributed by atoms with Crippen LogP contribution in [0.3, 0.4) is 0 Å². The summed E-state index contributed by atoms with van der Waals surface area (Å²) in [6.45, 7) is 0. The first kappa shape index (κ1) is 14.8. The lowest BCUT2D eigenvalue weighted by atomic mass is 10.2. The molecule has 0 spiro atoms. The molecule has 0 atom stereocenters. The largest absolute Gasteiger partial charge is 0.284 e. The van der Waals surface area contributed by atoms with Gasteiger partial charge in [0, 0.05) is 29.1 Å². The van der Waals surface area contributed by atoms with E-state index < -0.39 is 10.0 Å². The van der Waals surface area contributed by atoms with Crippen molar-refractivity contribution in [1.82, 2.24) is 3.94 Å². The maximum absolute atomic E-state index is 12.2. The van der Waals surface area contributed by atoms with Crippen LogP contribution in [0.1, 0.15) is 5.56 Å². The molecule has 0 unspecified atom stereocenters. The van der Waals surface area contributed by atoms with Crippen LogP contribution in [0.4, 0.5) is 0 Å². The summed E-state index contributed by atoms with van der Waals surface area (Å²) < 4.78 is 28.7. The van der Waals surface area contributed by atoms with Crippen molar-refractivity contribution in [3.8, 4) is 0 Å². The Kier molecular flexibility index (Phi) is 4.65. The van der Waals surface area contributed by atoms with Crippen molar-refractivity contribution >= 4 is 39.4 Å². The van der Waals surface area contributed by atoms with Gasteiger partial charge in [-0.1, -0.05) is 48.5 Å². The van der Waals surface area contributed by atoms with Crippen LogP contribution in [0, 0.1) is 0 Å². The van der Waals surface area contributed by atoms with E-state index in [0.29, 0.717) is 9.50 Å². The van der Waals surface area contributed by atoms with Crippen LogP contribution in [0.2, 0.25) is 0 Å². The Morgan fingerprint density at radius 3 is 1.90 bits per heavy atom. The standard InChI is InChI=1S/C13H10Cl2N2O2S/c14-17(15)13(11-7-3-1-4-8-11)16-20(18,19)12-9-5-2-6-10-12/h1-10H/b16-13+. The van der Waals surface area contributed by atoms with E-state index in [-0.39, 0.29) is 10.7 Å². The van der Waals surface area contributed by atoms with Gasteiger partial charge in [0.2, 0.25) is 0 Å². The summed E-state index contributed by atoms with van der Waals surface area (Å²) in [5, 5.41) is 0. The lowest BCUT2D eigenvalue weighted by Gasteiger charge is -2.10. The highest BCUT2D eigenvalue weighted by atomic mass is 35.5. The summed E-state index contributed by atoms with van der Waals surface area (Å²) in [7, 11) is -3.88. The van der Waals surface area contributed by atoms with Gasteiger partial charge >= 0.3 is 0 Å². The van der Waals surface area contributed by atoms with Crippen molar-refractivity contribution in [1.29, 1.82) is 0 Å². The predicted octanol–water partition coefficient (Wildman–Crippen LogP) is 3.43. The Morgan fingerprint density at radius 2 is 1.40 bits per heavy atom. The van der Waals surface area contributed by atoms with Crippen molar-refractivity contribution in [2.45, 2.75) is 4.90 Å². The maximum Gasteiger partial charge on any atom is 0.284 e. The maximum atomic E-state index is 12.2. The number of sulfonamides is 1. The number of benzene rings is 2. The van der Waals surface area contributed by atoms with E-state index in [9.17, 15) is 8.42 Å². The van der Waals surface area contributed by atoms with Crippen LogP contribution >= 0.6 is 23.6 Å². The second-order valence-electron chi connectivity index (χ2n) is 3.80. The monoisotopic (exact) mass is 328 g/mol. The zero-order valence-corrected chi connectivity index (χ0v) is 12.5. The minimum absolute atomic E-state index is 0.0576. The zero-order valence-electron chi connectivity index (χ0n) is 10.1. The highest BCUT2D eigenvalue weighted by Gasteiger charge is 2.18. The Morgan fingerprint density at radius 1 is 0.900 bits per heavy atom. The fourth-order valence-electron chi connectivity index (χ4n) is 1.53. The molecule has 2 aromatic carbocycles. The van der Waals surface area contributed by atoms with Gasteiger partial charge in [0.05, 0.1) is 4.90 Å². The quantitative estimate of drug-likeness (QED) is 0.492. The molecule has 4 nitrogen and oxygen atoms in total. The number of halogens is 2. The lowest BCUT2D eigenvalue weighted by Crippen LogP contribution is -2.16. The summed E-state index contributed by atoms with van der Waals surface area (Å²) >= 11 is 11.4. The van der Waals surface area contributed by atoms with Gasteiger partial charge in [-0.3, -0.25) is 0 Å². The summed E-state index contributed by atoms with van der Waals surface area (Å²) in [5.74, 6) is -0.0576. The molecule has 0 bridgehead atoms. The normalized spacial score (nSPS) is 12.2. The molecule has 0 aliphatic rings. The molecule has 2 aromatic rings. The van der Waals surface area contributed by atoms with Crippen LogP contribution in [0.25, 0.3) is 0 Å². The van der Waals surface area contributed by atoms with E-state index >= 15 is 0 Å². The number of hydrogen-bond donors (Lipinski definition) is 0.